The quantitative estimate of drug-likeness (QED) is 0.680. The molecule has 1 atom stereocenters. The number of H-pyrrole nitrogens is 1. The molecule has 1 aliphatic rings. The van der Waals surface area contributed by atoms with Crippen molar-refractivity contribution in [3.63, 3.8) is 0 Å². The first-order valence-electron chi connectivity index (χ1n) is 8.43. The van der Waals surface area contributed by atoms with Crippen LogP contribution in [0.15, 0.2) is 42.7 Å². The molecule has 0 radical (unpaired) electrons. The Labute approximate surface area is 159 Å². The minimum absolute atomic E-state index is 0.132. The van der Waals surface area contributed by atoms with Gasteiger partial charge in [0, 0.05) is 37.0 Å². The number of carbonyl (C=O) groups is 1. The molecule has 3 heterocycles. The summed E-state index contributed by atoms with van der Waals surface area (Å²) in [5, 5.41) is 6.60. The summed E-state index contributed by atoms with van der Waals surface area (Å²) in [4.78, 5) is 18.2. The van der Waals surface area contributed by atoms with E-state index in [1.165, 1.54) is 12.1 Å². The average Bonchev–Trinajstić information content (AvgIpc) is 3.16. The molecule has 1 fully saturated rings. The van der Waals surface area contributed by atoms with Crippen molar-refractivity contribution in [1.82, 2.24) is 15.2 Å². The number of anilines is 1. The first-order valence-corrected chi connectivity index (χ1v) is 8.81. The number of hydrogen-bond donors (Lipinski definition) is 1. The largest absolute Gasteiger partial charge is 0.297 e. The van der Waals surface area contributed by atoms with Crippen LogP contribution in [-0.4, -0.2) is 27.6 Å². The molecule has 0 spiro atoms. The molecule has 0 aliphatic carbocycles. The normalized spacial score (nSPS) is 17.4. The minimum atomic E-state index is -0.808. The zero-order valence-electron chi connectivity index (χ0n) is 14.1. The second-order valence-corrected chi connectivity index (χ2v) is 6.79. The summed E-state index contributed by atoms with van der Waals surface area (Å²) >= 11 is 5.53. The lowest BCUT2D eigenvalue weighted by atomic mass is 9.89. The predicted molar refractivity (Wildman–Crippen MR) is 97.5 cm³/mol. The first-order chi connectivity index (χ1) is 13.0. The monoisotopic (exact) mass is 388 g/mol. The lowest BCUT2D eigenvalue weighted by molar-refractivity contribution is -0.120. The van der Waals surface area contributed by atoms with E-state index in [4.69, 9.17) is 11.6 Å². The summed E-state index contributed by atoms with van der Waals surface area (Å²) < 4.78 is 27.4. The molecule has 0 saturated carbocycles. The molecular formula is C19H15ClF2N4O. The van der Waals surface area contributed by atoms with Crippen molar-refractivity contribution < 1.29 is 13.6 Å². The molecule has 1 saturated heterocycles. The van der Waals surface area contributed by atoms with E-state index < -0.39 is 16.7 Å². The number of rotatable bonds is 3. The molecule has 2 aromatic heterocycles. The zero-order chi connectivity index (χ0) is 19.0. The Hall–Kier alpha value is -2.80. The average molecular weight is 389 g/mol. The molecule has 3 aromatic rings. The minimum Gasteiger partial charge on any atom is -0.297 e. The Kier molecular flexibility index (Phi) is 4.61. The van der Waals surface area contributed by atoms with E-state index in [9.17, 15) is 13.6 Å². The van der Waals surface area contributed by atoms with E-state index in [0.717, 1.165) is 5.56 Å². The van der Waals surface area contributed by atoms with Gasteiger partial charge in [0.1, 0.15) is 22.5 Å². The number of piperidine rings is 1. The van der Waals surface area contributed by atoms with Crippen molar-refractivity contribution in [1.29, 1.82) is 0 Å². The number of aromatic amines is 1. The van der Waals surface area contributed by atoms with Gasteiger partial charge in [0.15, 0.2) is 0 Å². The second-order valence-electron chi connectivity index (χ2n) is 6.41. The van der Waals surface area contributed by atoms with Crippen LogP contribution in [0.3, 0.4) is 0 Å². The van der Waals surface area contributed by atoms with Crippen molar-refractivity contribution in [2.45, 2.75) is 18.8 Å². The van der Waals surface area contributed by atoms with E-state index in [1.807, 2.05) is 12.1 Å². The third kappa shape index (κ3) is 3.42. The van der Waals surface area contributed by atoms with Crippen LogP contribution in [0.25, 0.3) is 11.3 Å². The predicted octanol–water partition coefficient (Wildman–Crippen LogP) is 4.31. The number of nitrogens with zero attached hydrogens (tertiary/aromatic N) is 3. The van der Waals surface area contributed by atoms with Crippen molar-refractivity contribution in [3.05, 3.63) is 64.9 Å². The highest BCUT2D eigenvalue weighted by Crippen LogP contribution is 2.34. The van der Waals surface area contributed by atoms with E-state index >= 15 is 0 Å². The summed E-state index contributed by atoms with van der Waals surface area (Å²) in [7, 11) is 0. The Bertz CT molecular complexity index is 969. The standard InChI is InChI=1S/C19H15ClF2N4O/c20-19-14(21)7-13(8-15(19)22)12-3-6-26(18(27)9-12)17-10-16(24-25-17)11-1-4-23-5-2-11/h1-2,4-5,7-8,10,12H,3,6,9H2,(H,24,25). The van der Waals surface area contributed by atoms with E-state index in [0.29, 0.717) is 30.0 Å². The molecule has 138 valence electrons. The molecule has 0 bridgehead atoms. The number of aromatic nitrogens is 3. The highest BCUT2D eigenvalue weighted by atomic mass is 35.5. The lowest BCUT2D eigenvalue weighted by Crippen LogP contribution is -2.38. The number of amides is 1. The van der Waals surface area contributed by atoms with Gasteiger partial charge >= 0.3 is 0 Å². The van der Waals surface area contributed by atoms with Gasteiger partial charge in [-0.05, 0) is 42.2 Å². The number of halogens is 3. The molecule has 27 heavy (non-hydrogen) atoms. The molecule has 5 nitrogen and oxygen atoms in total. The molecular weight excluding hydrogens is 374 g/mol. The number of hydrogen-bond acceptors (Lipinski definition) is 3. The molecule has 4 rings (SSSR count). The maximum absolute atomic E-state index is 13.7. The van der Waals surface area contributed by atoms with E-state index in [-0.39, 0.29) is 18.2 Å². The van der Waals surface area contributed by atoms with Gasteiger partial charge in [-0.2, -0.15) is 5.10 Å². The Morgan fingerprint density at radius 3 is 2.52 bits per heavy atom. The van der Waals surface area contributed by atoms with Crippen LogP contribution >= 0.6 is 11.6 Å². The number of benzene rings is 1. The molecule has 1 aromatic carbocycles. The van der Waals surface area contributed by atoms with Crippen molar-refractivity contribution in [2.75, 3.05) is 11.4 Å². The smallest absolute Gasteiger partial charge is 0.228 e. The van der Waals surface area contributed by atoms with Crippen molar-refractivity contribution in [2.24, 2.45) is 0 Å². The van der Waals surface area contributed by atoms with Crippen molar-refractivity contribution in [3.8, 4) is 11.3 Å². The van der Waals surface area contributed by atoms with Crippen LogP contribution in [-0.2, 0) is 4.79 Å². The fourth-order valence-corrected chi connectivity index (χ4v) is 3.41. The maximum Gasteiger partial charge on any atom is 0.228 e. The SMILES string of the molecule is O=C1CC(c2cc(F)c(Cl)c(F)c2)CCN1c1cc(-c2ccncc2)n[nH]1. The van der Waals surface area contributed by atoms with E-state index in [1.54, 1.807) is 23.4 Å². The topological polar surface area (TPSA) is 61.9 Å². The Morgan fingerprint density at radius 2 is 1.85 bits per heavy atom. The summed E-state index contributed by atoms with van der Waals surface area (Å²) in [6.45, 7) is 0.424. The zero-order valence-corrected chi connectivity index (χ0v) is 14.9. The Morgan fingerprint density at radius 1 is 1.15 bits per heavy atom. The van der Waals surface area contributed by atoms with Crippen LogP contribution in [0.5, 0.6) is 0 Å². The summed E-state index contributed by atoms with van der Waals surface area (Å²) in [6.07, 6.45) is 4.08. The summed E-state index contributed by atoms with van der Waals surface area (Å²) in [5.41, 5.74) is 2.05. The lowest BCUT2D eigenvalue weighted by Gasteiger charge is -2.30. The highest BCUT2D eigenvalue weighted by Gasteiger charge is 2.30. The van der Waals surface area contributed by atoms with Gasteiger partial charge in [0.2, 0.25) is 5.91 Å². The molecule has 8 heteroatoms. The fraction of sp³-hybridized carbons (Fsp3) is 0.211. The van der Waals surface area contributed by atoms with Gasteiger partial charge in [-0.1, -0.05) is 11.6 Å². The van der Waals surface area contributed by atoms with Crippen LogP contribution < -0.4 is 4.90 Å². The van der Waals surface area contributed by atoms with Gasteiger partial charge in [-0.3, -0.25) is 19.8 Å². The van der Waals surface area contributed by atoms with Gasteiger partial charge < -0.3 is 0 Å². The van der Waals surface area contributed by atoms with Crippen LogP contribution in [0.1, 0.15) is 24.3 Å². The number of pyridine rings is 1. The van der Waals surface area contributed by atoms with Gasteiger partial charge in [0.05, 0.1) is 5.69 Å². The summed E-state index contributed by atoms with van der Waals surface area (Å²) in [6, 6.07) is 7.87. The van der Waals surface area contributed by atoms with Crippen molar-refractivity contribution >= 4 is 23.3 Å². The third-order valence-corrected chi connectivity index (χ3v) is 5.09. The maximum atomic E-state index is 13.7. The van der Waals surface area contributed by atoms with Crippen LogP contribution in [0.2, 0.25) is 5.02 Å². The number of nitrogens with one attached hydrogen (secondary N) is 1. The van der Waals surface area contributed by atoms with Crippen LogP contribution in [0.4, 0.5) is 14.6 Å². The first kappa shape index (κ1) is 17.6. The van der Waals surface area contributed by atoms with Gasteiger partial charge in [-0.15, -0.1) is 0 Å². The molecule has 1 N–H and O–H groups in total. The Balaban J connectivity index is 1.51. The van der Waals surface area contributed by atoms with Gasteiger partial charge in [0.25, 0.3) is 0 Å². The number of carbonyl (C=O) groups excluding carboxylic acids is 1. The fourth-order valence-electron chi connectivity index (χ4n) is 3.30. The molecule has 1 amide bonds. The van der Waals surface area contributed by atoms with Crippen LogP contribution in [0, 0.1) is 11.6 Å². The summed E-state index contributed by atoms with van der Waals surface area (Å²) in [5.74, 6) is -1.41. The third-order valence-electron chi connectivity index (χ3n) is 4.73. The molecule has 1 unspecified atom stereocenters. The van der Waals surface area contributed by atoms with Gasteiger partial charge in [-0.25, -0.2) is 8.78 Å². The second kappa shape index (κ2) is 7.08. The molecule has 1 aliphatic heterocycles. The van der Waals surface area contributed by atoms with E-state index in [2.05, 4.69) is 15.2 Å². The highest BCUT2D eigenvalue weighted by molar-refractivity contribution is 6.30.